The average Bonchev–Trinajstić information content (AvgIpc) is 3.66. The molecular formula is C32H39FN6O2. The van der Waals surface area contributed by atoms with Crippen molar-refractivity contribution in [3.63, 3.8) is 0 Å². The molecule has 0 radical (unpaired) electrons. The number of hydrogen-bond donors (Lipinski definition) is 5. The molecule has 6 rings (SSSR count). The van der Waals surface area contributed by atoms with E-state index in [-0.39, 0.29) is 35.6 Å². The van der Waals surface area contributed by atoms with Crippen molar-refractivity contribution in [1.82, 2.24) is 25.7 Å². The van der Waals surface area contributed by atoms with Crippen LogP contribution in [0.2, 0.25) is 0 Å². The lowest BCUT2D eigenvalue weighted by Crippen LogP contribution is -2.46. The Labute approximate surface area is 240 Å². The second-order valence-corrected chi connectivity index (χ2v) is 11.6. The Balaban J connectivity index is 1.08. The molecule has 0 spiro atoms. The molecule has 6 atom stereocenters. The lowest BCUT2D eigenvalue weighted by atomic mass is 9.71. The molecule has 8 nitrogen and oxygen atoms in total. The quantitative estimate of drug-likeness (QED) is 0.300. The van der Waals surface area contributed by atoms with Gasteiger partial charge in [-0.15, -0.1) is 0 Å². The number of phenolic OH excluding ortho intramolecular Hbond substituents is 1. The fourth-order valence-corrected chi connectivity index (χ4v) is 6.87. The topological polar surface area (TPSA) is 119 Å². The largest absolute Gasteiger partial charge is 0.508 e. The van der Waals surface area contributed by atoms with Crippen molar-refractivity contribution in [1.29, 1.82) is 0 Å². The first-order chi connectivity index (χ1) is 19.9. The van der Waals surface area contributed by atoms with E-state index < -0.39 is 12.2 Å². The van der Waals surface area contributed by atoms with Crippen LogP contribution >= 0.6 is 0 Å². The normalized spacial score (nSPS) is 26.9. The lowest BCUT2D eigenvalue weighted by molar-refractivity contribution is -0.132. The number of aromatic nitrogens is 2. The van der Waals surface area contributed by atoms with E-state index in [1.165, 1.54) is 0 Å². The number of carbonyl (C=O) groups is 1. The number of rotatable bonds is 7. The first-order valence-corrected chi connectivity index (χ1v) is 14.7. The molecule has 2 fully saturated rings. The zero-order chi connectivity index (χ0) is 28.5. The highest BCUT2D eigenvalue weighted by molar-refractivity contribution is 5.83. The van der Waals surface area contributed by atoms with Crippen LogP contribution in [0, 0.1) is 5.92 Å². The van der Waals surface area contributed by atoms with Crippen molar-refractivity contribution in [2.75, 3.05) is 13.1 Å². The summed E-state index contributed by atoms with van der Waals surface area (Å²) in [6.07, 6.45) is 6.48. The predicted molar refractivity (Wildman–Crippen MR) is 157 cm³/mol. The average molecular weight is 559 g/mol. The second-order valence-electron chi connectivity index (χ2n) is 11.6. The van der Waals surface area contributed by atoms with E-state index in [0.717, 1.165) is 53.0 Å². The van der Waals surface area contributed by atoms with Gasteiger partial charge in [0, 0.05) is 24.9 Å². The third kappa shape index (κ3) is 5.54. The molecule has 2 aromatic carbocycles. The minimum absolute atomic E-state index is 0.0311. The van der Waals surface area contributed by atoms with E-state index in [1.807, 2.05) is 54.4 Å². The van der Waals surface area contributed by atoms with Gasteiger partial charge in [-0.25, -0.2) is 14.8 Å². The van der Waals surface area contributed by atoms with Gasteiger partial charge in [0.15, 0.2) is 0 Å². The molecule has 5 unspecified atom stereocenters. The summed E-state index contributed by atoms with van der Waals surface area (Å²) in [5.41, 5.74) is 17.9. The standard InChI is InChI=1S/C32H39FN6O2/c1-2-20-17-22(40)8-9-23(20)24-10-11-25-29(28(24)33)37-38-30(25)31-35-18-27(36-31)21-12-14-39(15-13-21)32(41)26(34)16-19-6-4-3-5-7-19/h3-9,12,17-18,24-26,28-30,37-38,40H,2,10-11,13-16,34H2,1H3,(H,35,36)/t24?,25?,26-,28?,29?,30?/m0/s1. The third-order valence-corrected chi connectivity index (χ3v) is 9.11. The van der Waals surface area contributed by atoms with Crippen LogP contribution in [0.1, 0.15) is 66.4 Å². The Hall–Kier alpha value is -3.53. The number of nitrogens with zero attached hydrogens (tertiary/aromatic N) is 2. The summed E-state index contributed by atoms with van der Waals surface area (Å²) < 4.78 is 15.9. The molecule has 3 aromatic rings. The number of imidazole rings is 1. The van der Waals surface area contributed by atoms with Crippen LogP contribution in [-0.2, 0) is 17.6 Å². The highest BCUT2D eigenvalue weighted by Gasteiger charge is 2.48. The van der Waals surface area contributed by atoms with Gasteiger partial charge in [-0.1, -0.05) is 49.4 Å². The molecule has 6 N–H and O–H groups in total. The van der Waals surface area contributed by atoms with E-state index in [9.17, 15) is 9.90 Å². The first-order valence-electron chi connectivity index (χ1n) is 14.7. The van der Waals surface area contributed by atoms with Crippen molar-refractivity contribution in [2.45, 2.75) is 69.2 Å². The Morgan fingerprint density at radius 1 is 1.20 bits per heavy atom. The van der Waals surface area contributed by atoms with Gasteiger partial charge in [0.05, 0.1) is 30.0 Å². The monoisotopic (exact) mass is 558 g/mol. The fraction of sp³-hybridized carbons (Fsp3) is 0.438. The van der Waals surface area contributed by atoms with Gasteiger partial charge in [-0.2, -0.15) is 0 Å². The molecule has 2 aliphatic heterocycles. The number of nitrogens with two attached hydrogens (primary N) is 1. The number of aromatic hydroxyl groups is 1. The highest BCUT2D eigenvalue weighted by atomic mass is 19.1. The van der Waals surface area contributed by atoms with E-state index in [4.69, 9.17) is 5.73 Å². The maximum absolute atomic E-state index is 15.9. The van der Waals surface area contributed by atoms with Gasteiger partial charge in [0.2, 0.25) is 5.91 Å². The molecule has 1 saturated heterocycles. The van der Waals surface area contributed by atoms with E-state index in [0.29, 0.717) is 25.9 Å². The summed E-state index contributed by atoms with van der Waals surface area (Å²) in [7, 11) is 0. The van der Waals surface area contributed by atoms with Crippen molar-refractivity contribution in [3.8, 4) is 5.75 Å². The molecule has 41 heavy (non-hydrogen) atoms. The molecule has 1 amide bonds. The summed E-state index contributed by atoms with van der Waals surface area (Å²) in [6, 6.07) is 14.2. The number of carbonyl (C=O) groups excluding carboxylic acids is 1. The van der Waals surface area contributed by atoms with Crippen LogP contribution in [0.25, 0.3) is 5.57 Å². The van der Waals surface area contributed by atoms with Gasteiger partial charge < -0.3 is 20.7 Å². The number of fused-ring (bicyclic) bond motifs is 1. The Kier molecular flexibility index (Phi) is 7.92. The Bertz CT molecular complexity index is 1410. The van der Waals surface area contributed by atoms with Gasteiger partial charge >= 0.3 is 0 Å². The lowest BCUT2D eigenvalue weighted by Gasteiger charge is -2.36. The third-order valence-electron chi connectivity index (χ3n) is 9.11. The second kappa shape index (κ2) is 11.8. The number of amides is 1. The molecule has 3 heterocycles. The van der Waals surface area contributed by atoms with Gasteiger partial charge in [0.1, 0.15) is 17.7 Å². The van der Waals surface area contributed by atoms with Crippen LogP contribution in [0.4, 0.5) is 4.39 Å². The van der Waals surface area contributed by atoms with Gasteiger partial charge in [0.25, 0.3) is 0 Å². The van der Waals surface area contributed by atoms with Gasteiger partial charge in [-0.05, 0) is 66.5 Å². The summed E-state index contributed by atoms with van der Waals surface area (Å²) in [6.45, 7) is 3.16. The number of halogens is 1. The number of nitrogens with one attached hydrogen (secondary N) is 3. The Morgan fingerprint density at radius 3 is 2.78 bits per heavy atom. The van der Waals surface area contributed by atoms with Crippen LogP contribution in [0.5, 0.6) is 5.75 Å². The summed E-state index contributed by atoms with van der Waals surface area (Å²) >= 11 is 0. The molecule has 0 bridgehead atoms. The number of hydrogen-bond acceptors (Lipinski definition) is 6. The molecule has 1 aromatic heterocycles. The van der Waals surface area contributed by atoms with Crippen LogP contribution < -0.4 is 16.6 Å². The number of aromatic amines is 1. The predicted octanol–water partition coefficient (Wildman–Crippen LogP) is 3.91. The van der Waals surface area contributed by atoms with Crippen LogP contribution in [-0.4, -0.2) is 57.2 Å². The maximum Gasteiger partial charge on any atom is 0.240 e. The van der Waals surface area contributed by atoms with Crippen molar-refractivity contribution < 1.29 is 14.3 Å². The molecule has 1 aliphatic carbocycles. The fourth-order valence-electron chi connectivity index (χ4n) is 6.87. The summed E-state index contributed by atoms with van der Waals surface area (Å²) in [5.74, 6) is 0.862. The number of phenols is 1. The maximum atomic E-state index is 15.9. The zero-order valence-electron chi connectivity index (χ0n) is 23.4. The number of H-pyrrole nitrogens is 1. The summed E-state index contributed by atoms with van der Waals surface area (Å²) in [4.78, 5) is 22.9. The molecule has 216 valence electrons. The molecule has 9 heteroatoms. The SMILES string of the molecule is CCc1cc(O)ccc1C1CCC2C(c3ncc(C4=CCN(C(=O)[C@@H](N)Cc5ccccc5)CC4)[nH]3)NNC2C1F. The number of aryl methyl sites for hydroxylation is 1. The van der Waals surface area contributed by atoms with Crippen LogP contribution in [0.15, 0.2) is 60.8 Å². The molecule has 1 saturated carbocycles. The first kappa shape index (κ1) is 27.6. The highest BCUT2D eigenvalue weighted by Crippen LogP contribution is 2.45. The zero-order valence-corrected chi connectivity index (χ0v) is 23.4. The number of hydrazine groups is 1. The molecular weight excluding hydrogens is 519 g/mol. The van der Waals surface area contributed by atoms with Crippen LogP contribution in [0.3, 0.4) is 0 Å². The van der Waals surface area contributed by atoms with Crippen molar-refractivity contribution in [3.05, 3.63) is 89.0 Å². The van der Waals surface area contributed by atoms with Crippen molar-refractivity contribution >= 4 is 11.5 Å². The van der Waals surface area contributed by atoms with Crippen molar-refractivity contribution in [2.24, 2.45) is 11.7 Å². The summed E-state index contributed by atoms with van der Waals surface area (Å²) in [5, 5.41) is 9.90. The van der Waals surface area contributed by atoms with Gasteiger partial charge in [-0.3, -0.25) is 10.2 Å². The smallest absolute Gasteiger partial charge is 0.240 e. The minimum atomic E-state index is -1.05. The minimum Gasteiger partial charge on any atom is -0.508 e. The van der Waals surface area contributed by atoms with E-state index >= 15 is 4.39 Å². The molecule has 3 aliphatic rings. The number of alkyl halides is 1. The number of benzene rings is 2. The Morgan fingerprint density at radius 2 is 2.02 bits per heavy atom. The van der Waals surface area contributed by atoms with E-state index in [2.05, 4.69) is 26.9 Å². The van der Waals surface area contributed by atoms with E-state index in [1.54, 1.807) is 12.1 Å².